The van der Waals surface area contributed by atoms with Gasteiger partial charge in [-0.05, 0) is 29.7 Å². The summed E-state index contributed by atoms with van der Waals surface area (Å²) in [6, 6.07) is 27.3. The maximum Gasteiger partial charge on any atom is 0.258 e. The van der Waals surface area contributed by atoms with Crippen LogP contribution in [0.5, 0.6) is 11.5 Å². The van der Waals surface area contributed by atoms with Crippen LogP contribution in [0.3, 0.4) is 0 Å². The van der Waals surface area contributed by atoms with Gasteiger partial charge in [0.05, 0.1) is 13.2 Å². The zero-order valence-corrected chi connectivity index (χ0v) is 15.3. The Bertz CT molecular complexity index is 850. The van der Waals surface area contributed by atoms with E-state index < -0.39 is 0 Å². The largest absolute Gasteiger partial charge is 0.493 e. The molecule has 3 rings (SSSR count). The average Bonchev–Trinajstić information content (AvgIpc) is 2.73. The smallest absolute Gasteiger partial charge is 0.258 e. The molecule has 0 heterocycles. The second-order valence-electron chi connectivity index (χ2n) is 6.16. The predicted octanol–water partition coefficient (Wildman–Crippen LogP) is 4.17. The van der Waals surface area contributed by atoms with E-state index in [0.29, 0.717) is 17.9 Å². The SMILES string of the molecule is COc1ccccc1OCC(=O)NC(Cc1ccccc1)c1ccccc1. The molecule has 138 valence electrons. The van der Waals surface area contributed by atoms with Crippen molar-refractivity contribution in [3.05, 3.63) is 96.1 Å². The van der Waals surface area contributed by atoms with E-state index in [4.69, 9.17) is 9.47 Å². The van der Waals surface area contributed by atoms with Gasteiger partial charge in [0.2, 0.25) is 0 Å². The molecule has 0 radical (unpaired) electrons. The third-order valence-corrected chi connectivity index (χ3v) is 4.25. The van der Waals surface area contributed by atoms with Crippen molar-refractivity contribution in [3.8, 4) is 11.5 Å². The van der Waals surface area contributed by atoms with Crippen molar-refractivity contribution < 1.29 is 14.3 Å². The molecule has 4 heteroatoms. The van der Waals surface area contributed by atoms with Crippen LogP contribution in [0, 0.1) is 0 Å². The molecule has 4 nitrogen and oxygen atoms in total. The summed E-state index contributed by atoms with van der Waals surface area (Å²) < 4.78 is 10.9. The fourth-order valence-electron chi connectivity index (χ4n) is 2.90. The minimum atomic E-state index is -0.175. The topological polar surface area (TPSA) is 47.6 Å². The number of benzene rings is 3. The van der Waals surface area contributed by atoms with E-state index in [1.807, 2.05) is 60.7 Å². The van der Waals surface area contributed by atoms with Gasteiger partial charge in [0.1, 0.15) is 0 Å². The second-order valence-corrected chi connectivity index (χ2v) is 6.16. The monoisotopic (exact) mass is 361 g/mol. The lowest BCUT2D eigenvalue weighted by molar-refractivity contribution is -0.123. The minimum Gasteiger partial charge on any atom is -0.493 e. The molecule has 0 aliphatic rings. The summed E-state index contributed by atoms with van der Waals surface area (Å²) >= 11 is 0. The van der Waals surface area contributed by atoms with Crippen molar-refractivity contribution in [2.24, 2.45) is 0 Å². The van der Waals surface area contributed by atoms with Crippen LogP contribution in [-0.4, -0.2) is 19.6 Å². The normalized spacial score (nSPS) is 11.4. The van der Waals surface area contributed by atoms with Crippen LogP contribution >= 0.6 is 0 Å². The van der Waals surface area contributed by atoms with Crippen molar-refractivity contribution in [2.45, 2.75) is 12.5 Å². The molecule has 1 atom stereocenters. The summed E-state index contributed by atoms with van der Waals surface area (Å²) in [5, 5.41) is 3.08. The summed E-state index contributed by atoms with van der Waals surface area (Å²) in [6.45, 7) is -0.0709. The van der Waals surface area contributed by atoms with Gasteiger partial charge in [-0.25, -0.2) is 0 Å². The number of methoxy groups -OCH3 is 1. The number of nitrogens with one attached hydrogen (secondary N) is 1. The first-order valence-electron chi connectivity index (χ1n) is 8.90. The highest BCUT2D eigenvalue weighted by Crippen LogP contribution is 2.25. The number of ether oxygens (including phenoxy) is 2. The van der Waals surface area contributed by atoms with Crippen LogP contribution in [0.2, 0.25) is 0 Å². The van der Waals surface area contributed by atoms with Gasteiger partial charge in [-0.2, -0.15) is 0 Å². The first kappa shape index (κ1) is 18.5. The van der Waals surface area contributed by atoms with Crippen LogP contribution in [0.25, 0.3) is 0 Å². The lowest BCUT2D eigenvalue weighted by Crippen LogP contribution is -2.33. The Kier molecular flexibility index (Phi) is 6.47. The predicted molar refractivity (Wildman–Crippen MR) is 106 cm³/mol. The molecule has 0 aliphatic carbocycles. The third kappa shape index (κ3) is 5.35. The van der Waals surface area contributed by atoms with Crippen LogP contribution < -0.4 is 14.8 Å². The van der Waals surface area contributed by atoms with Crippen LogP contribution in [0.4, 0.5) is 0 Å². The number of amides is 1. The van der Waals surface area contributed by atoms with E-state index in [0.717, 1.165) is 11.1 Å². The Morgan fingerprint density at radius 2 is 1.44 bits per heavy atom. The highest BCUT2D eigenvalue weighted by molar-refractivity contribution is 5.78. The van der Waals surface area contributed by atoms with Crippen molar-refractivity contribution in [3.63, 3.8) is 0 Å². The van der Waals surface area contributed by atoms with Gasteiger partial charge in [-0.15, -0.1) is 0 Å². The van der Waals surface area contributed by atoms with Gasteiger partial charge >= 0.3 is 0 Å². The number of para-hydroxylation sites is 2. The lowest BCUT2D eigenvalue weighted by atomic mass is 9.99. The Hall–Kier alpha value is -3.27. The van der Waals surface area contributed by atoms with Gasteiger partial charge in [0.25, 0.3) is 5.91 Å². The molecule has 0 aliphatic heterocycles. The second kappa shape index (κ2) is 9.43. The lowest BCUT2D eigenvalue weighted by Gasteiger charge is -2.20. The van der Waals surface area contributed by atoms with Gasteiger partial charge in [0.15, 0.2) is 18.1 Å². The summed E-state index contributed by atoms with van der Waals surface area (Å²) in [6.07, 6.45) is 0.714. The fraction of sp³-hybridized carbons (Fsp3) is 0.174. The van der Waals surface area contributed by atoms with Crippen LogP contribution in [0.1, 0.15) is 17.2 Å². The maximum absolute atomic E-state index is 12.5. The number of carbonyl (C=O) groups excluding carboxylic acids is 1. The van der Waals surface area contributed by atoms with Crippen molar-refractivity contribution in [2.75, 3.05) is 13.7 Å². The first-order valence-corrected chi connectivity index (χ1v) is 8.90. The van der Waals surface area contributed by atoms with E-state index in [9.17, 15) is 4.79 Å². The number of carbonyl (C=O) groups is 1. The molecule has 27 heavy (non-hydrogen) atoms. The molecule has 3 aromatic rings. The molecule has 0 saturated heterocycles. The van der Waals surface area contributed by atoms with E-state index >= 15 is 0 Å². The Labute approximate surface area is 159 Å². The minimum absolute atomic E-state index is 0.0709. The Morgan fingerprint density at radius 1 is 0.852 bits per heavy atom. The number of hydrogen-bond acceptors (Lipinski definition) is 3. The van der Waals surface area contributed by atoms with E-state index in [1.54, 1.807) is 19.2 Å². The van der Waals surface area contributed by atoms with Crippen molar-refractivity contribution in [1.29, 1.82) is 0 Å². The highest BCUT2D eigenvalue weighted by atomic mass is 16.5. The standard InChI is InChI=1S/C23H23NO3/c1-26-21-14-8-9-15-22(21)27-17-23(25)24-20(19-12-6-3-7-13-19)16-18-10-4-2-5-11-18/h2-15,20H,16-17H2,1H3,(H,24,25). The van der Waals surface area contributed by atoms with Crippen molar-refractivity contribution >= 4 is 5.91 Å². The molecule has 0 aromatic heterocycles. The molecule has 1 N–H and O–H groups in total. The molecular weight excluding hydrogens is 338 g/mol. The summed E-state index contributed by atoms with van der Waals surface area (Å²) in [7, 11) is 1.58. The molecule has 1 amide bonds. The average molecular weight is 361 g/mol. The summed E-state index contributed by atoms with van der Waals surface area (Å²) in [5.74, 6) is 0.981. The first-order chi connectivity index (χ1) is 13.3. The Balaban J connectivity index is 1.67. The molecule has 0 fully saturated rings. The van der Waals surface area contributed by atoms with Gasteiger partial charge in [-0.1, -0.05) is 72.8 Å². The summed E-state index contributed by atoms with van der Waals surface area (Å²) in [4.78, 5) is 12.5. The van der Waals surface area contributed by atoms with Crippen molar-refractivity contribution in [1.82, 2.24) is 5.32 Å². The van der Waals surface area contributed by atoms with E-state index in [2.05, 4.69) is 17.4 Å². The molecule has 0 saturated carbocycles. The van der Waals surface area contributed by atoms with E-state index in [-0.39, 0.29) is 18.6 Å². The van der Waals surface area contributed by atoms with Crippen LogP contribution in [0.15, 0.2) is 84.9 Å². The molecule has 0 bridgehead atoms. The summed E-state index contributed by atoms with van der Waals surface area (Å²) in [5.41, 5.74) is 2.23. The zero-order valence-electron chi connectivity index (χ0n) is 15.3. The molecule has 1 unspecified atom stereocenters. The third-order valence-electron chi connectivity index (χ3n) is 4.25. The molecule has 0 spiro atoms. The maximum atomic E-state index is 12.5. The van der Waals surface area contributed by atoms with E-state index in [1.165, 1.54) is 0 Å². The quantitative estimate of drug-likeness (QED) is 0.655. The highest BCUT2D eigenvalue weighted by Gasteiger charge is 2.16. The van der Waals surface area contributed by atoms with Gasteiger partial charge < -0.3 is 14.8 Å². The number of rotatable bonds is 8. The van der Waals surface area contributed by atoms with Gasteiger partial charge in [-0.3, -0.25) is 4.79 Å². The van der Waals surface area contributed by atoms with Gasteiger partial charge in [0, 0.05) is 0 Å². The fourth-order valence-corrected chi connectivity index (χ4v) is 2.90. The molecule has 3 aromatic carbocycles. The Morgan fingerprint density at radius 3 is 2.11 bits per heavy atom. The number of hydrogen-bond donors (Lipinski definition) is 1. The zero-order chi connectivity index (χ0) is 18.9. The molecular formula is C23H23NO3. The van der Waals surface area contributed by atoms with Crippen LogP contribution in [-0.2, 0) is 11.2 Å².